The first-order chi connectivity index (χ1) is 9.92. The molecule has 1 aromatic heterocycles. The third-order valence-corrected chi connectivity index (χ3v) is 2.61. The summed E-state index contributed by atoms with van der Waals surface area (Å²) in [5.41, 5.74) is -0.256. The summed E-state index contributed by atoms with van der Waals surface area (Å²) in [7, 11) is 1.42. The Bertz CT molecular complexity index is 665. The molecule has 0 spiro atoms. The van der Waals surface area contributed by atoms with Crippen LogP contribution in [0.1, 0.15) is 24.3 Å². The van der Waals surface area contributed by atoms with Gasteiger partial charge in [0.1, 0.15) is 5.82 Å². The van der Waals surface area contributed by atoms with Crippen LogP contribution in [0.3, 0.4) is 0 Å². The smallest absolute Gasteiger partial charge is 0.358 e. The maximum atomic E-state index is 14.1. The van der Waals surface area contributed by atoms with Crippen LogP contribution in [0.15, 0.2) is 22.7 Å². The van der Waals surface area contributed by atoms with Crippen LogP contribution in [0.25, 0.3) is 11.3 Å². The van der Waals surface area contributed by atoms with E-state index in [1.807, 2.05) is 0 Å². The average Bonchev–Trinajstić information content (AvgIpc) is 2.88. The Kier molecular flexibility index (Phi) is 4.11. The topological polar surface area (TPSA) is 81.8 Å². The van der Waals surface area contributed by atoms with Gasteiger partial charge >= 0.3 is 5.97 Å². The van der Waals surface area contributed by atoms with Crippen LogP contribution in [0.5, 0.6) is 11.5 Å². The highest BCUT2D eigenvalue weighted by atomic mass is 19.1. The molecule has 0 aliphatic rings. The van der Waals surface area contributed by atoms with E-state index in [9.17, 15) is 9.18 Å². The van der Waals surface area contributed by atoms with Gasteiger partial charge in [-0.15, -0.1) is 0 Å². The first kappa shape index (κ1) is 14.8. The molecule has 0 radical (unpaired) electrons. The minimum atomic E-state index is -1.25. The molecular weight excluding hydrogens is 281 g/mol. The van der Waals surface area contributed by atoms with Gasteiger partial charge in [-0.1, -0.05) is 5.16 Å². The Hall–Kier alpha value is -2.57. The molecule has 0 saturated heterocycles. The van der Waals surface area contributed by atoms with Crippen molar-refractivity contribution in [3.8, 4) is 22.8 Å². The first-order valence-corrected chi connectivity index (χ1v) is 6.17. The standard InChI is InChI=1S/C14H14FNO5/c1-7(2)20-13-5-9(15)8(4-12(13)19-3)11-6-10(14(17)18)16-21-11/h4-7H,1-3H3,(H,17,18). The van der Waals surface area contributed by atoms with Gasteiger partial charge < -0.3 is 19.1 Å². The number of ether oxygens (including phenoxy) is 2. The van der Waals surface area contributed by atoms with Crippen molar-refractivity contribution in [3.63, 3.8) is 0 Å². The van der Waals surface area contributed by atoms with E-state index in [4.69, 9.17) is 19.1 Å². The van der Waals surface area contributed by atoms with Crippen LogP contribution in [-0.4, -0.2) is 29.4 Å². The lowest BCUT2D eigenvalue weighted by Crippen LogP contribution is -2.07. The number of rotatable bonds is 5. The molecule has 7 heteroatoms. The van der Waals surface area contributed by atoms with Gasteiger partial charge in [0.15, 0.2) is 23.0 Å². The van der Waals surface area contributed by atoms with E-state index in [0.29, 0.717) is 5.75 Å². The number of aromatic carboxylic acids is 1. The molecule has 0 aliphatic heterocycles. The summed E-state index contributed by atoms with van der Waals surface area (Å²) in [5.74, 6) is -1.31. The number of aromatic nitrogens is 1. The van der Waals surface area contributed by atoms with Crippen molar-refractivity contribution >= 4 is 5.97 Å². The molecule has 0 saturated carbocycles. The van der Waals surface area contributed by atoms with Crippen molar-refractivity contribution in [2.24, 2.45) is 0 Å². The number of hydrogen-bond acceptors (Lipinski definition) is 5. The Morgan fingerprint density at radius 2 is 2.05 bits per heavy atom. The van der Waals surface area contributed by atoms with Crippen LogP contribution >= 0.6 is 0 Å². The van der Waals surface area contributed by atoms with Gasteiger partial charge in [-0.3, -0.25) is 0 Å². The lowest BCUT2D eigenvalue weighted by molar-refractivity contribution is 0.0686. The van der Waals surface area contributed by atoms with Gasteiger partial charge in [0.05, 0.1) is 18.8 Å². The van der Waals surface area contributed by atoms with Crippen LogP contribution in [0.2, 0.25) is 0 Å². The molecule has 2 rings (SSSR count). The van der Waals surface area contributed by atoms with Crippen LogP contribution in [0.4, 0.5) is 4.39 Å². The molecule has 0 aliphatic carbocycles. The van der Waals surface area contributed by atoms with E-state index >= 15 is 0 Å². The van der Waals surface area contributed by atoms with Crippen LogP contribution in [-0.2, 0) is 0 Å². The molecule has 21 heavy (non-hydrogen) atoms. The van der Waals surface area contributed by atoms with Crippen molar-refractivity contribution in [1.82, 2.24) is 5.16 Å². The highest BCUT2D eigenvalue weighted by Crippen LogP contribution is 2.35. The third-order valence-electron chi connectivity index (χ3n) is 2.61. The highest BCUT2D eigenvalue weighted by Gasteiger charge is 2.19. The second-order valence-corrected chi connectivity index (χ2v) is 4.53. The molecule has 0 unspecified atom stereocenters. The Labute approximate surface area is 120 Å². The number of nitrogens with zero attached hydrogens (tertiary/aromatic N) is 1. The maximum Gasteiger partial charge on any atom is 0.358 e. The largest absolute Gasteiger partial charge is 0.493 e. The summed E-state index contributed by atoms with van der Waals surface area (Å²) in [4.78, 5) is 10.8. The van der Waals surface area contributed by atoms with E-state index in [2.05, 4.69) is 5.16 Å². The first-order valence-electron chi connectivity index (χ1n) is 6.17. The molecule has 0 amide bonds. The molecule has 112 valence electrons. The van der Waals surface area contributed by atoms with E-state index in [1.165, 1.54) is 13.2 Å². The summed E-state index contributed by atoms with van der Waals surface area (Å²) in [5, 5.41) is 12.1. The minimum absolute atomic E-state index is 0.000651. The van der Waals surface area contributed by atoms with Crippen molar-refractivity contribution in [2.45, 2.75) is 20.0 Å². The fourth-order valence-electron chi connectivity index (χ4n) is 1.73. The number of carboxylic acid groups (broad SMARTS) is 1. The van der Waals surface area contributed by atoms with E-state index in [-0.39, 0.29) is 28.9 Å². The maximum absolute atomic E-state index is 14.1. The van der Waals surface area contributed by atoms with E-state index < -0.39 is 11.8 Å². The zero-order valence-electron chi connectivity index (χ0n) is 11.7. The van der Waals surface area contributed by atoms with Crippen molar-refractivity contribution in [1.29, 1.82) is 0 Å². The molecule has 0 atom stereocenters. The monoisotopic (exact) mass is 295 g/mol. The van der Waals surface area contributed by atoms with E-state index in [1.54, 1.807) is 13.8 Å². The minimum Gasteiger partial charge on any atom is -0.493 e. The zero-order valence-corrected chi connectivity index (χ0v) is 11.7. The summed E-state index contributed by atoms with van der Waals surface area (Å²) in [6, 6.07) is 3.68. The fraction of sp³-hybridized carbons (Fsp3) is 0.286. The lowest BCUT2D eigenvalue weighted by Gasteiger charge is -2.14. The van der Waals surface area contributed by atoms with Crippen molar-refractivity contribution in [3.05, 3.63) is 29.7 Å². The second-order valence-electron chi connectivity index (χ2n) is 4.53. The Balaban J connectivity index is 2.46. The van der Waals surface area contributed by atoms with Gasteiger partial charge in [0.2, 0.25) is 0 Å². The summed E-state index contributed by atoms with van der Waals surface area (Å²) in [6.45, 7) is 3.61. The normalized spacial score (nSPS) is 10.7. The number of methoxy groups -OCH3 is 1. The molecular formula is C14H14FNO5. The predicted molar refractivity (Wildman–Crippen MR) is 71.2 cm³/mol. The van der Waals surface area contributed by atoms with Gasteiger partial charge in [-0.2, -0.15) is 0 Å². The molecule has 2 aromatic rings. The number of halogens is 1. The number of carboxylic acids is 1. The molecule has 0 fully saturated rings. The summed E-state index contributed by atoms with van der Waals surface area (Å²) in [6.07, 6.45) is -0.145. The second kappa shape index (κ2) is 5.82. The predicted octanol–water partition coefficient (Wildman–Crippen LogP) is 2.97. The summed E-state index contributed by atoms with van der Waals surface area (Å²) < 4.78 is 29.6. The van der Waals surface area contributed by atoms with Crippen LogP contribution < -0.4 is 9.47 Å². The molecule has 6 nitrogen and oxygen atoms in total. The number of carbonyl (C=O) groups is 1. The fourth-order valence-corrected chi connectivity index (χ4v) is 1.73. The molecule has 1 heterocycles. The number of hydrogen-bond donors (Lipinski definition) is 1. The van der Waals surface area contributed by atoms with Crippen molar-refractivity contribution < 1.29 is 28.3 Å². The molecule has 1 N–H and O–H groups in total. The summed E-state index contributed by atoms with van der Waals surface area (Å²) >= 11 is 0. The highest BCUT2D eigenvalue weighted by molar-refractivity contribution is 5.86. The lowest BCUT2D eigenvalue weighted by atomic mass is 10.1. The van der Waals surface area contributed by atoms with Gasteiger partial charge in [-0.25, -0.2) is 9.18 Å². The Morgan fingerprint density at radius 3 is 2.57 bits per heavy atom. The van der Waals surface area contributed by atoms with Crippen LogP contribution in [0, 0.1) is 5.82 Å². The van der Waals surface area contributed by atoms with Gasteiger partial charge in [0, 0.05) is 12.1 Å². The van der Waals surface area contributed by atoms with Gasteiger partial charge in [0.25, 0.3) is 0 Å². The average molecular weight is 295 g/mol. The zero-order chi connectivity index (χ0) is 15.6. The SMILES string of the molecule is COc1cc(-c2cc(C(=O)O)no2)c(F)cc1OC(C)C. The van der Waals surface area contributed by atoms with Crippen molar-refractivity contribution in [2.75, 3.05) is 7.11 Å². The molecule has 1 aromatic carbocycles. The number of benzene rings is 1. The van der Waals surface area contributed by atoms with Gasteiger partial charge in [-0.05, 0) is 19.9 Å². The Morgan fingerprint density at radius 1 is 1.33 bits per heavy atom. The van der Waals surface area contributed by atoms with E-state index in [0.717, 1.165) is 12.1 Å². The molecule has 0 bridgehead atoms. The third kappa shape index (κ3) is 3.13. The quantitative estimate of drug-likeness (QED) is 0.913.